The molecule has 0 saturated heterocycles. The molecule has 0 bridgehead atoms. The lowest BCUT2D eigenvalue weighted by Gasteiger charge is -2.19. The van der Waals surface area contributed by atoms with E-state index in [2.05, 4.69) is 5.32 Å². The summed E-state index contributed by atoms with van der Waals surface area (Å²) in [5.41, 5.74) is 2.24. The maximum Gasteiger partial charge on any atom is 0.335 e. The molecule has 3 N–H and O–H groups in total. The summed E-state index contributed by atoms with van der Waals surface area (Å²) in [5, 5.41) is 21.6. The number of benzene rings is 1. The normalized spacial score (nSPS) is 22.4. The van der Waals surface area contributed by atoms with Gasteiger partial charge >= 0.3 is 5.97 Å². The van der Waals surface area contributed by atoms with E-state index in [1.807, 2.05) is 13.0 Å². The first-order chi connectivity index (χ1) is 9.11. The van der Waals surface area contributed by atoms with Gasteiger partial charge in [-0.1, -0.05) is 6.42 Å². The number of anilines is 1. The Morgan fingerprint density at radius 3 is 2.74 bits per heavy atom. The Balaban J connectivity index is 1.98. The first kappa shape index (κ1) is 13.9. The van der Waals surface area contributed by atoms with Gasteiger partial charge < -0.3 is 15.5 Å². The monoisotopic (exact) mass is 263 g/mol. The van der Waals surface area contributed by atoms with Crippen LogP contribution in [0.25, 0.3) is 0 Å². The zero-order valence-electron chi connectivity index (χ0n) is 11.2. The van der Waals surface area contributed by atoms with Gasteiger partial charge in [-0.15, -0.1) is 0 Å². The topological polar surface area (TPSA) is 69.6 Å². The first-order valence-electron chi connectivity index (χ1n) is 6.80. The van der Waals surface area contributed by atoms with Crippen molar-refractivity contribution in [2.75, 3.05) is 18.5 Å². The van der Waals surface area contributed by atoms with E-state index >= 15 is 0 Å². The van der Waals surface area contributed by atoms with Crippen molar-refractivity contribution in [3.05, 3.63) is 29.3 Å². The average molecular weight is 263 g/mol. The zero-order chi connectivity index (χ0) is 13.8. The van der Waals surface area contributed by atoms with Gasteiger partial charge in [-0.3, -0.25) is 0 Å². The molecule has 0 aliphatic heterocycles. The Labute approximate surface area is 113 Å². The zero-order valence-corrected chi connectivity index (χ0v) is 11.2. The summed E-state index contributed by atoms with van der Waals surface area (Å²) in [4.78, 5) is 10.9. The Hall–Kier alpha value is -1.55. The fourth-order valence-electron chi connectivity index (χ4n) is 2.86. The van der Waals surface area contributed by atoms with Crippen LogP contribution in [0.4, 0.5) is 5.69 Å². The van der Waals surface area contributed by atoms with Crippen molar-refractivity contribution in [1.82, 2.24) is 0 Å². The molecule has 0 radical (unpaired) electrons. The molecular weight excluding hydrogens is 242 g/mol. The number of hydrogen-bond donors (Lipinski definition) is 3. The second kappa shape index (κ2) is 6.06. The molecule has 2 atom stereocenters. The van der Waals surface area contributed by atoms with Crippen LogP contribution < -0.4 is 5.32 Å². The predicted octanol–water partition coefficient (Wildman–Crippen LogP) is 2.51. The van der Waals surface area contributed by atoms with Gasteiger partial charge in [0.25, 0.3) is 0 Å². The highest BCUT2D eigenvalue weighted by molar-refractivity contribution is 5.88. The van der Waals surface area contributed by atoms with Crippen LogP contribution in [-0.4, -0.2) is 29.3 Å². The Bertz CT molecular complexity index is 459. The third-order valence-corrected chi connectivity index (χ3v) is 4.08. The fourth-order valence-corrected chi connectivity index (χ4v) is 2.86. The first-order valence-corrected chi connectivity index (χ1v) is 6.80. The molecule has 1 aromatic carbocycles. The maximum absolute atomic E-state index is 10.9. The molecule has 104 valence electrons. The van der Waals surface area contributed by atoms with Crippen molar-refractivity contribution >= 4 is 11.7 Å². The maximum atomic E-state index is 10.9. The second-order valence-electron chi connectivity index (χ2n) is 5.35. The van der Waals surface area contributed by atoms with E-state index in [1.54, 1.807) is 12.1 Å². The third-order valence-electron chi connectivity index (χ3n) is 4.08. The molecule has 2 unspecified atom stereocenters. The molecule has 0 spiro atoms. The molecule has 0 amide bonds. The number of aromatic carboxylic acids is 1. The second-order valence-corrected chi connectivity index (χ2v) is 5.35. The summed E-state index contributed by atoms with van der Waals surface area (Å²) in [6, 6.07) is 5.13. The largest absolute Gasteiger partial charge is 0.478 e. The van der Waals surface area contributed by atoms with Crippen LogP contribution in [0, 0.1) is 18.8 Å². The minimum Gasteiger partial charge on any atom is -0.478 e. The number of carbonyl (C=O) groups is 1. The average Bonchev–Trinajstić information content (AvgIpc) is 2.84. The molecule has 1 aliphatic carbocycles. The van der Waals surface area contributed by atoms with Crippen molar-refractivity contribution in [1.29, 1.82) is 0 Å². The number of aryl methyl sites for hydroxylation is 1. The van der Waals surface area contributed by atoms with E-state index in [-0.39, 0.29) is 6.61 Å². The van der Waals surface area contributed by atoms with Crippen molar-refractivity contribution in [2.24, 2.45) is 11.8 Å². The number of rotatable bonds is 5. The molecule has 1 aromatic rings. The standard InChI is InChI=1S/C15H21NO3/c1-10-7-11(15(18)19)5-6-14(10)16-8-12-3-2-4-13(12)9-17/h5-7,12-13,16-17H,2-4,8-9H2,1H3,(H,18,19). The van der Waals surface area contributed by atoms with Crippen molar-refractivity contribution in [3.63, 3.8) is 0 Å². The summed E-state index contributed by atoms with van der Waals surface area (Å²) >= 11 is 0. The molecule has 0 heterocycles. The highest BCUT2D eigenvalue weighted by Crippen LogP contribution is 2.31. The number of nitrogens with one attached hydrogen (secondary N) is 1. The number of aliphatic hydroxyl groups is 1. The molecular formula is C15H21NO3. The summed E-state index contributed by atoms with van der Waals surface area (Å²) in [6.07, 6.45) is 3.46. The van der Waals surface area contributed by atoms with E-state index in [1.165, 1.54) is 6.42 Å². The number of hydrogen-bond acceptors (Lipinski definition) is 3. The molecule has 1 aliphatic rings. The van der Waals surface area contributed by atoms with Crippen LogP contribution in [-0.2, 0) is 0 Å². The molecule has 1 saturated carbocycles. The summed E-state index contributed by atoms with van der Waals surface area (Å²) in [7, 11) is 0. The lowest BCUT2D eigenvalue weighted by atomic mass is 9.96. The van der Waals surface area contributed by atoms with Gasteiger partial charge in [0.05, 0.1) is 5.56 Å². The van der Waals surface area contributed by atoms with Crippen LogP contribution >= 0.6 is 0 Å². The molecule has 0 aromatic heterocycles. The van der Waals surface area contributed by atoms with Crippen LogP contribution in [0.5, 0.6) is 0 Å². The van der Waals surface area contributed by atoms with Crippen LogP contribution in [0.1, 0.15) is 35.2 Å². The van der Waals surface area contributed by atoms with E-state index in [9.17, 15) is 9.90 Å². The van der Waals surface area contributed by atoms with E-state index in [0.717, 1.165) is 30.6 Å². The minimum atomic E-state index is -0.897. The van der Waals surface area contributed by atoms with Gasteiger partial charge in [-0.25, -0.2) is 4.79 Å². The summed E-state index contributed by atoms with van der Waals surface area (Å²) in [6.45, 7) is 3.02. The Kier molecular flexibility index (Phi) is 4.43. The van der Waals surface area contributed by atoms with E-state index in [4.69, 9.17) is 5.11 Å². The highest BCUT2D eigenvalue weighted by atomic mass is 16.4. The van der Waals surface area contributed by atoms with E-state index in [0.29, 0.717) is 17.4 Å². The predicted molar refractivity (Wildman–Crippen MR) is 74.5 cm³/mol. The summed E-state index contributed by atoms with van der Waals surface area (Å²) < 4.78 is 0. The van der Waals surface area contributed by atoms with Gasteiger partial charge in [0.2, 0.25) is 0 Å². The lowest BCUT2D eigenvalue weighted by molar-refractivity contribution is 0.0697. The van der Waals surface area contributed by atoms with Crippen LogP contribution in [0.2, 0.25) is 0 Å². The Morgan fingerprint density at radius 1 is 1.37 bits per heavy atom. The molecule has 4 nitrogen and oxygen atoms in total. The van der Waals surface area contributed by atoms with Crippen molar-refractivity contribution in [2.45, 2.75) is 26.2 Å². The smallest absolute Gasteiger partial charge is 0.335 e. The van der Waals surface area contributed by atoms with Crippen LogP contribution in [0.15, 0.2) is 18.2 Å². The highest BCUT2D eigenvalue weighted by Gasteiger charge is 2.26. The third kappa shape index (κ3) is 3.26. The molecule has 19 heavy (non-hydrogen) atoms. The van der Waals surface area contributed by atoms with Gasteiger partial charge in [0, 0.05) is 18.8 Å². The lowest BCUT2D eigenvalue weighted by Crippen LogP contribution is -2.21. The van der Waals surface area contributed by atoms with Crippen molar-refractivity contribution in [3.8, 4) is 0 Å². The van der Waals surface area contributed by atoms with Gasteiger partial charge in [-0.05, 0) is 55.4 Å². The van der Waals surface area contributed by atoms with E-state index < -0.39 is 5.97 Å². The van der Waals surface area contributed by atoms with Gasteiger partial charge in [-0.2, -0.15) is 0 Å². The molecule has 2 rings (SSSR count). The number of carboxylic acids is 1. The number of aliphatic hydroxyl groups excluding tert-OH is 1. The van der Waals surface area contributed by atoms with Gasteiger partial charge in [0.1, 0.15) is 0 Å². The van der Waals surface area contributed by atoms with Crippen LogP contribution in [0.3, 0.4) is 0 Å². The SMILES string of the molecule is Cc1cc(C(=O)O)ccc1NCC1CCCC1CO. The minimum absolute atomic E-state index is 0.267. The molecule has 4 heteroatoms. The summed E-state index contributed by atoms with van der Waals surface area (Å²) in [5.74, 6) is 0.0282. The van der Waals surface area contributed by atoms with Crippen molar-refractivity contribution < 1.29 is 15.0 Å². The fraction of sp³-hybridized carbons (Fsp3) is 0.533. The number of carboxylic acid groups (broad SMARTS) is 1. The quantitative estimate of drug-likeness (QED) is 0.763. The van der Waals surface area contributed by atoms with Gasteiger partial charge in [0.15, 0.2) is 0 Å². The molecule has 1 fully saturated rings. The Morgan fingerprint density at radius 2 is 2.11 bits per heavy atom.